The zero-order chi connectivity index (χ0) is 18.8. The summed E-state index contributed by atoms with van der Waals surface area (Å²) in [6, 6.07) is 10.0. The van der Waals surface area contributed by atoms with Crippen molar-refractivity contribution in [2.75, 3.05) is 13.3 Å². The predicted molar refractivity (Wildman–Crippen MR) is 104 cm³/mol. The molecule has 0 fully saturated rings. The van der Waals surface area contributed by atoms with E-state index in [0.717, 1.165) is 28.2 Å². The van der Waals surface area contributed by atoms with Crippen molar-refractivity contribution in [2.45, 2.75) is 25.3 Å². The van der Waals surface area contributed by atoms with E-state index >= 15 is 0 Å². The molecule has 1 amide bonds. The van der Waals surface area contributed by atoms with E-state index in [1.54, 1.807) is 29.8 Å². The maximum absolute atomic E-state index is 12.7. The molecule has 0 aliphatic rings. The molecule has 0 aliphatic heterocycles. The van der Waals surface area contributed by atoms with Gasteiger partial charge in [0.25, 0.3) is 5.91 Å². The molecule has 0 saturated heterocycles. The number of H-pyrrole nitrogens is 1. The monoisotopic (exact) mass is 369 g/mol. The lowest BCUT2D eigenvalue weighted by atomic mass is 10.1. The third-order valence-electron chi connectivity index (χ3n) is 4.50. The molecule has 0 radical (unpaired) electrons. The molecule has 2 heterocycles. The minimum atomic E-state index is -0.0862. The molecule has 1 aromatic carbocycles. The van der Waals surface area contributed by atoms with E-state index in [-0.39, 0.29) is 5.91 Å². The molecule has 7 heteroatoms. The number of carbonyl (C=O) groups is 1. The van der Waals surface area contributed by atoms with E-state index in [1.165, 1.54) is 4.90 Å². The first-order valence-electron chi connectivity index (χ1n) is 8.35. The van der Waals surface area contributed by atoms with E-state index in [9.17, 15) is 4.79 Å². The lowest BCUT2D eigenvalue weighted by molar-refractivity contribution is 0.0779. The fraction of sp³-hybridized carbons (Fsp3) is 0.316. The summed E-state index contributed by atoms with van der Waals surface area (Å²) in [5.74, 6) is -0.0862. The number of hydrogen-bond acceptors (Lipinski definition) is 4. The van der Waals surface area contributed by atoms with Crippen molar-refractivity contribution in [3.63, 3.8) is 0 Å². The summed E-state index contributed by atoms with van der Waals surface area (Å²) in [4.78, 5) is 15.6. The van der Waals surface area contributed by atoms with E-state index < -0.39 is 0 Å². The number of carbonyl (C=O) groups excluding carboxylic acids is 1. The molecule has 0 unspecified atom stereocenters. The zero-order valence-electron chi connectivity index (χ0n) is 15.7. The van der Waals surface area contributed by atoms with Crippen molar-refractivity contribution in [2.24, 2.45) is 7.05 Å². The maximum atomic E-state index is 12.7. The quantitative estimate of drug-likeness (QED) is 0.700. The van der Waals surface area contributed by atoms with Gasteiger partial charge >= 0.3 is 0 Å². The van der Waals surface area contributed by atoms with Crippen LogP contribution >= 0.6 is 11.8 Å². The van der Waals surface area contributed by atoms with Gasteiger partial charge in [-0.05, 0) is 43.9 Å². The predicted octanol–water partition coefficient (Wildman–Crippen LogP) is 3.42. The van der Waals surface area contributed by atoms with E-state index in [4.69, 9.17) is 0 Å². The van der Waals surface area contributed by atoms with Crippen molar-refractivity contribution in [1.82, 2.24) is 24.9 Å². The van der Waals surface area contributed by atoms with Gasteiger partial charge < -0.3 is 4.90 Å². The van der Waals surface area contributed by atoms with Gasteiger partial charge in [0.15, 0.2) is 0 Å². The number of nitrogens with zero attached hydrogens (tertiary/aromatic N) is 4. The van der Waals surface area contributed by atoms with Crippen LogP contribution in [0, 0.1) is 13.8 Å². The van der Waals surface area contributed by atoms with Crippen LogP contribution in [0.1, 0.15) is 27.4 Å². The Bertz CT molecular complexity index is 926. The summed E-state index contributed by atoms with van der Waals surface area (Å²) in [7, 11) is 3.70. The molecule has 6 nitrogen and oxygen atoms in total. The Kier molecular flexibility index (Phi) is 5.18. The zero-order valence-corrected chi connectivity index (χ0v) is 16.5. The molecule has 3 aromatic rings. The summed E-state index contributed by atoms with van der Waals surface area (Å²) >= 11 is 1.70. The van der Waals surface area contributed by atoms with Gasteiger partial charge in [-0.15, -0.1) is 11.8 Å². The summed E-state index contributed by atoms with van der Waals surface area (Å²) in [5.41, 5.74) is 5.21. The molecule has 1 N–H and O–H groups in total. The number of thioether (sulfide) groups is 1. The van der Waals surface area contributed by atoms with Gasteiger partial charge in [0.05, 0.1) is 11.4 Å². The van der Waals surface area contributed by atoms with Crippen LogP contribution in [-0.4, -0.2) is 44.1 Å². The summed E-state index contributed by atoms with van der Waals surface area (Å²) in [6.45, 7) is 4.49. The van der Waals surface area contributed by atoms with Gasteiger partial charge in [0, 0.05) is 36.8 Å². The molecular weight excluding hydrogens is 346 g/mol. The lowest BCUT2D eigenvalue weighted by Crippen LogP contribution is -2.26. The molecule has 3 rings (SSSR count). The summed E-state index contributed by atoms with van der Waals surface area (Å²) in [6.07, 6.45) is 2.05. The Labute approximate surface area is 157 Å². The van der Waals surface area contributed by atoms with Crippen LogP contribution in [0.25, 0.3) is 11.3 Å². The van der Waals surface area contributed by atoms with E-state index in [2.05, 4.69) is 39.6 Å². The highest BCUT2D eigenvalue weighted by Gasteiger charge is 2.19. The SMILES string of the molecule is CSc1ccc(CN(C)C(=O)c2cc(-c3c(C)nn(C)c3C)n[nH]2)cc1. The second kappa shape index (κ2) is 7.37. The number of amides is 1. The van der Waals surface area contributed by atoms with Crippen LogP contribution in [0.15, 0.2) is 35.2 Å². The third kappa shape index (κ3) is 3.53. The average molecular weight is 369 g/mol. The minimum Gasteiger partial charge on any atom is -0.336 e. The Morgan fingerprint density at radius 1 is 1.27 bits per heavy atom. The topological polar surface area (TPSA) is 66.8 Å². The van der Waals surface area contributed by atoms with Gasteiger partial charge in [-0.3, -0.25) is 14.6 Å². The number of nitrogens with one attached hydrogen (secondary N) is 1. The molecule has 0 bridgehead atoms. The standard InChI is InChI=1S/C19H23N5OS/c1-12-18(13(2)24(4)22-12)16-10-17(21-20-16)19(25)23(3)11-14-6-8-15(26-5)9-7-14/h6-10H,11H2,1-5H3,(H,20,21). The Hall–Kier alpha value is -2.54. The summed E-state index contributed by atoms with van der Waals surface area (Å²) < 4.78 is 1.82. The molecule has 2 aromatic heterocycles. The molecule has 0 saturated carbocycles. The first-order valence-corrected chi connectivity index (χ1v) is 9.57. The smallest absolute Gasteiger partial charge is 0.271 e. The van der Waals surface area contributed by atoms with Crippen molar-refractivity contribution in [3.8, 4) is 11.3 Å². The van der Waals surface area contributed by atoms with Gasteiger partial charge in [-0.25, -0.2) is 0 Å². The number of aryl methyl sites for hydroxylation is 2. The highest BCUT2D eigenvalue weighted by atomic mass is 32.2. The van der Waals surface area contributed by atoms with Crippen molar-refractivity contribution in [1.29, 1.82) is 0 Å². The summed E-state index contributed by atoms with van der Waals surface area (Å²) in [5, 5.41) is 11.6. The normalized spacial score (nSPS) is 11.0. The van der Waals surface area contributed by atoms with Gasteiger partial charge in [0.2, 0.25) is 0 Å². The highest BCUT2D eigenvalue weighted by Crippen LogP contribution is 2.25. The molecule has 26 heavy (non-hydrogen) atoms. The minimum absolute atomic E-state index is 0.0862. The average Bonchev–Trinajstić information content (AvgIpc) is 3.19. The molecule has 0 spiro atoms. The number of aromatic nitrogens is 4. The number of hydrogen-bond donors (Lipinski definition) is 1. The third-order valence-corrected chi connectivity index (χ3v) is 5.24. The second-order valence-corrected chi connectivity index (χ2v) is 7.23. The first-order chi connectivity index (χ1) is 12.4. The molecule has 136 valence electrons. The fourth-order valence-electron chi connectivity index (χ4n) is 2.99. The van der Waals surface area contributed by atoms with Crippen LogP contribution < -0.4 is 0 Å². The Morgan fingerprint density at radius 3 is 2.54 bits per heavy atom. The van der Waals surface area contributed by atoms with Gasteiger partial charge in [0.1, 0.15) is 5.69 Å². The van der Waals surface area contributed by atoms with E-state index in [1.807, 2.05) is 31.8 Å². The van der Waals surface area contributed by atoms with Crippen molar-refractivity contribution in [3.05, 3.63) is 53.0 Å². The second-order valence-electron chi connectivity index (χ2n) is 6.35. The first kappa shape index (κ1) is 18.3. The van der Waals surface area contributed by atoms with Gasteiger partial charge in [-0.2, -0.15) is 10.2 Å². The molecule has 0 aliphatic carbocycles. The molecule has 0 atom stereocenters. The Balaban J connectivity index is 1.76. The van der Waals surface area contributed by atoms with Crippen molar-refractivity contribution < 1.29 is 4.79 Å². The van der Waals surface area contributed by atoms with E-state index in [0.29, 0.717) is 12.2 Å². The highest BCUT2D eigenvalue weighted by molar-refractivity contribution is 7.98. The Morgan fingerprint density at radius 2 is 1.96 bits per heavy atom. The molecular formula is C19H23N5OS. The van der Waals surface area contributed by atoms with Crippen LogP contribution in [-0.2, 0) is 13.6 Å². The lowest BCUT2D eigenvalue weighted by Gasteiger charge is -2.16. The van der Waals surface area contributed by atoms with Crippen molar-refractivity contribution >= 4 is 17.7 Å². The van der Waals surface area contributed by atoms with Gasteiger partial charge in [-0.1, -0.05) is 12.1 Å². The fourth-order valence-corrected chi connectivity index (χ4v) is 3.39. The largest absolute Gasteiger partial charge is 0.336 e. The van der Waals surface area contributed by atoms with Crippen LogP contribution in [0.3, 0.4) is 0 Å². The van der Waals surface area contributed by atoms with Crippen LogP contribution in [0.5, 0.6) is 0 Å². The number of aromatic amines is 1. The number of benzene rings is 1. The van der Waals surface area contributed by atoms with Crippen LogP contribution in [0.4, 0.5) is 0 Å². The van der Waals surface area contributed by atoms with Crippen LogP contribution in [0.2, 0.25) is 0 Å². The number of rotatable bonds is 5. The maximum Gasteiger partial charge on any atom is 0.271 e.